The number of hydrogen-bond donors (Lipinski definition) is 0. The van der Waals surface area contributed by atoms with Crippen LogP contribution < -0.4 is 0 Å². The third-order valence-corrected chi connectivity index (χ3v) is 4.45. The number of benzene rings is 1. The maximum absolute atomic E-state index is 4.30. The van der Waals surface area contributed by atoms with Crippen molar-refractivity contribution in [3.05, 3.63) is 53.9 Å². The van der Waals surface area contributed by atoms with Crippen molar-refractivity contribution in [1.82, 2.24) is 14.7 Å². The SMILES string of the molecule is c1ccc(Cn2cccn2)c(CN2CCSCC2)c1. The standard InChI is InChI=1S/C15H19N3S/c1-2-5-15(13-18-7-3-6-16-18)14(4-1)12-17-8-10-19-11-9-17/h1-7H,8-13H2. The van der Waals surface area contributed by atoms with Gasteiger partial charge in [0, 0.05) is 43.5 Å². The Balaban J connectivity index is 1.73. The van der Waals surface area contributed by atoms with Crippen molar-refractivity contribution in [2.24, 2.45) is 0 Å². The highest BCUT2D eigenvalue weighted by atomic mass is 32.2. The van der Waals surface area contributed by atoms with Gasteiger partial charge in [0.05, 0.1) is 6.54 Å². The van der Waals surface area contributed by atoms with Gasteiger partial charge in [-0.1, -0.05) is 24.3 Å². The summed E-state index contributed by atoms with van der Waals surface area (Å²) in [6.45, 7) is 4.35. The molecule has 1 saturated heterocycles. The van der Waals surface area contributed by atoms with Gasteiger partial charge in [0.15, 0.2) is 0 Å². The lowest BCUT2D eigenvalue weighted by Crippen LogP contribution is -2.32. The predicted molar refractivity (Wildman–Crippen MR) is 80.4 cm³/mol. The second-order valence-corrected chi connectivity index (χ2v) is 6.09. The van der Waals surface area contributed by atoms with Gasteiger partial charge in [-0.15, -0.1) is 0 Å². The molecule has 0 radical (unpaired) electrons. The van der Waals surface area contributed by atoms with E-state index in [-0.39, 0.29) is 0 Å². The number of aromatic nitrogens is 2. The van der Waals surface area contributed by atoms with Crippen LogP contribution in [0.4, 0.5) is 0 Å². The van der Waals surface area contributed by atoms with Crippen LogP contribution in [0.25, 0.3) is 0 Å². The Morgan fingerprint density at radius 1 is 1.00 bits per heavy atom. The Morgan fingerprint density at radius 3 is 2.42 bits per heavy atom. The molecule has 4 heteroatoms. The van der Waals surface area contributed by atoms with Crippen molar-refractivity contribution in [2.45, 2.75) is 13.1 Å². The lowest BCUT2D eigenvalue weighted by molar-refractivity contribution is 0.293. The van der Waals surface area contributed by atoms with Crippen LogP contribution >= 0.6 is 11.8 Å². The fourth-order valence-corrected chi connectivity index (χ4v) is 3.41. The van der Waals surface area contributed by atoms with Gasteiger partial charge < -0.3 is 0 Å². The molecule has 1 aromatic carbocycles. The lowest BCUT2D eigenvalue weighted by atomic mass is 10.1. The van der Waals surface area contributed by atoms with E-state index in [1.54, 1.807) is 0 Å². The number of nitrogens with zero attached hydrogens (tertiary/aromatic N) is 3. The molecule has 19 heavy (non-hydrogen) atoms. The molecule has 0 N–H and O–H groups in total. The van der Waals surface area contributed by atoms with E-state index in [9.17, 15) is 0 Å². The molecule has 1 aromatic heterocycles. The first-order valence-electron chi connectivity index (χ1n) is 6.76. The maximum Gasteiger partial charge on any atom is 0.0662 e. The molecule has 100 valence electrons. The van der Waals surface area contributed by atoms with Crippen molar-refractivity contribution in [2.75, 3.05) is 24.6 Å². The van der Waals surface area contributed by atoms with Gasteiger partial charge in [0.2, 0.25) is 0 Å². The molecular weight excluding hydrogens is 254 g/mol. The average Bonchev–Trinajstić information content (AvgIpc) is 2.95. The highest BCUT2D eigenvalue weighted by Gasteiger charge is 2.12. The van der Waals surface area contributed by atoms with Gasteiger partial charge in [0.25, 0.3) is 0 Å². The van der Waals surface area contributed by atoms with Gasteiger partial charge in [-0.2, -0.15) is 16.9 Å². The van der Waals surface area contributed by atoms with Crippen molar-refractivity contribution in [3.8, 4) is 0 Å². The zero-order valence-corrected chi connectivity index (χ0v) is 11.9. The first kappa shape index (κ1) is 12.8. The summed E-state index contributed by atoms with van der Waals surface area (Å²) in [6, 6.07) is 10.7. The Morgan fingerprint density at radius 2 is 1.74 bits per heavy atom. The van der Waals surface area contributed by atoms with E-state index < -0.39 is 0 Å². The molecule has 0 spiro atoms. The van der Waals surface area contributed by atoms with Crippen LogP contribution in [0.1, 0.15) is 11.1 Å². The number of thioether (sulfide) groups is 1. The van der Waals surface area contributed by atoms with E-state index >= 15 is 0 Å². The van der Waals surface area contributed by atoms with Crippen LogP contribution in [-0.4, -0.2) is 39.3 Å². The molecule has 1 fully saturated rings. The summed E-state index contributed by atoms with van der Waals surface area (Å²) >= 11 is 2.06. The molecule has 2 aromatic rings. The van der Waals surface area contributed by atoms with E-state index in [4.69, 9.17) is 0 Å². The van der Waals surface area contributed by atoms with Crippen molar-refractivity contribution < 1.29 is 0 Å². The third kappa shape index (κ3) is 3.39. The summed E-state index contributed by atoms with van der Waals surface area (Å²) in [5.41, 5.74) is 2.81. The largest absolute Gasteiger partial charge is 0.297 e. The van der Waals surface area contributed by atoms with E-state index in [0.717, 1.165) is 13.1 Å². The van der Waals surface area contributed by atoms with Crippen LogP contribution in [0.2, 0.25) is 0 Å². The highest BCUT2D eigenvalue weighted by Crippen LogP contribution is 2.16. The van der Waals surface area contributed by atoms with E-state index in [0.29, 0.717) is 0 Å². The second-order valence-electron chi connectivity index (χ2n) is 4.86. The minimum absolute atomic E-state index is 0.867. The number of hydrogen-bond acceptors (Lipinski definition) is 3. The lowest BCUT2D eigenvalue weighted by Gasteiger charge is -2.27. The monoisotopic (exact) mass is 273 g/mol. The minimum atomic E-state index is 0.867. The first-order valence-corrected chi connectivity index (χ1v) is 7.91. The Labute approximate surface area is 118 Å². The molecule has 0 amide bonds. The average molecular weight is 273 g/mol. The summed E-state index contributed by atoms with van der Waals surface area (Å²) in [5, 5.41) is 4.30. The Bertz CT molecular complexity index is 504. The zero-order chi connectivity index (χ0) is 12.9. The molecule has 0 saturated carbocycles. The maximum atomic E-state index is 4.30. The second kappa shape index (κ2) is 6.26. The normalized spacial score (nSPS) is 16.6. The van der Waals surface area contributed by atoms with Crippen molar-refractivity contribution in [1.29, 1.82) is 0 Å². The van der Waals surface area contributed by atoms with E-state index in [1.807, 2.05) is 23.1 Å². The fraction of sp³-hybridized carbons (Fsp3) is 0.400. The third-order valence-electron chi connectivity index (χ3n) is 3.51. The van der Waals surface area contributed by atoms with Gasteiger partial charge in [0.1, 0.15) is 0 Å². The molecule has 1 aliphatic heterocycles. The highest BCUT2D eigenvalue weighted by molar-refractivity contribution is 7.99. The molecule has 3 nitrogen and oxygen atoms in total. The molecule has 1 aliphatic rings. The summed E-state index contributed by atoms with van der Waals surface area (Å²) in [4.78, 5) is 2.55. The molecule has 0 atom stereocenters. The van der Waals surface area contributed by atoms with Crippen molar-refractivity contribution in [3.63, 3.8) is 0 Å². The molecule has 3 rings (SSSR count). The molecule has 0 bridgehead atoms. The van der Waals surface area contributed by atoms with Crippen LogP contribution in [0.3, 0.4) is 0 Å². The van der Waals surface area contributed by atoms with Crippen LogP contribution in [0, 0.1) is 0 Å². The smallest absolute Gasteiger partial charge is 0.0662 e. The minimum Gasteiger partial charge on any atom is -0.297 e. The quantitative estimate of drug-likeness (QED) is 0.854. The summed E-state index contributed by atoms with van der Waals surface area (Å²) < 4.78 is 1.99. The van der Waals surface area contributed by atoms with E-state index in [2.05, 4.69) is 46.0 Å². The Kier molecular flexibility index (Phi) is 4.20. The summed E-state index contributed by atoms with van der Waals surface area (Å²) in [7, 11) is 0. The van der Waals surface area contributed by atoms with Crippen molar-refractivity contribution >= 4 is 11.8 Å². The summed E-state index contributed by atoms with van der Waals surface area (Å²) in [6.07, 6.45) is 3.86. The predicted octanol–water partition coefficient (Wildman–Crippen LogP) is 2.48. The van der Waals surface area contributed by atoms with Gasteiger partial charge >= 0.3 is 0 Å². The van der Waals surface area contributed by atoms with Crippen LogP contribution in [0.15, 0.2) is 42.7 Å². The van der Waals surface area contributed by atoms with E-state index in [1.165, 1.54) is 35.7 Å². The van der Waals surface area contributed by atoms with Crippen LogP contribution in [0.5, 0.6) is 0 Å². The van der Waals surface area contributed by atoms with Gasteiger partial charge in [-0.3, -0.25) is 9.58 Å². The molecule has 0 unspecified atom stereocenters. The van der Waals surface area contributed by atoms with Crippen LogP contribution in [-0.2, 0) is 13.1 Å². The number of rotatable bonds is 4. The zero-order valence-electron chi connectivity index (χ0n) is 11.0. The summed E-state index contributed by atoms with van der Waals surface area (Å²) in [5.74, 6) is 2.53. The molecule has 2 heterocycles. The Hall–Kier alpha value is -1.26. The fourth-order valence-electron chi connectivity index (χ4n) is 2.43. The molecular formula is C15H19N3S. The first-order chi connectivity index (χ1) is 9.42. The van der Waals surface area contributed by atoms with Gasteiger partial charge in [-0.25, -0.2) is 0 Å². The van der Waals surface area contributed by atoms with Gasteiger partial charge in [-0.05, 0) is 17.2 Å². The molecule has 0 aliphatic carbocycles. The topological polar surface area (TPSA) is 21.1 Å².